The van der Waals surface area contributed by atoms with Crippen LogP contribution in [0.25, 0.3) is 0 Å². The molecule has 3 rings (SSSR count). The van der Waals surface area contributed by atoms with Gasteiger partial charge in [0.2, 0.25) is 0 Å². The van der Waals surface area contributed by atoms with Crippen LogP contribution in [0.4, 0.5) is 4.79 Å². The SMILES string of the molecule is O=C(O)c1ccccc1.O=C(Oc1ccccc1)Oc1ccccc1. The average molecular weight is 336 g/mol. The number of carbonyl (C=O) groups excluding carboxylic acids is 1. The van der Waals surface area contributed by atoms with Gasteiger partial charge < -0.3 is 14.6 Å². The first-order valence-corrected chi connectivity index (χ1v) is 7.43. The molecular weight excluding hydrogens is 320 g/mol. The van der Waals surface area contributed by atoms with Crippen LogP contribution in [-0.4, -0.2) is 17.2 Å². The van der Waals surface area contributed by atoms with Crippen molar-refractivity contribution in [1.29, 1.82) is 0 Å². The largest absolute Gasteiger partial charge is 0.519 e. The lowest BCUT2D eigenvalue weighted by atomic mass is 10.2. The van der Waals surface area contributed by atoms with Crippen molar-refractivity contribution in [3.8, 4) is 11.5 Å². The summed E-state index contributed by atoms with van der Waals surface area (Å²) in [5.41, 5.74) is 0.331. The van der Waals surface area contributed by atoms with Gasteiger partial charge in [-0.25, -0.2) is 9.59 Å². The van der Waals surface area contributed by atoms with Gasteiger partial charge in [-0.3, -0.25) is 0 Å². The maximum atomic E-state index is 11.3. The minimum absolute atomic E-state index is 0.331. The zero-order valence-corrected chi connectivity index (χ0v) is 13.2. The number of hydrogen-bond acceptors (Lipinski definition) is 4. The van der Waals surface area contributed by atoms with Crippen LogP contribution in [0, 0.1) is 0 Å². The Labute approximate surface area is 145 Å². The van der Waals surface area contributed by atoms with Crippen LogP contribution < -0.4 is 9.47 Å². The average Bonchev–Trinajstić information content (AvgIpc) is 2.64. The molecule has 0 saturated heterocycles. The Kier molecular flexibility index (Phi) is 6.76. The van der Waals surface area contributed by atoms with Gasteiger partial charge in [0.15, 0.2) is 0 Å². The monoisotopic (exact) mass is 336 g/mol. The minimum atomic E-state index is -0.879. The predicted molar refractivity (Wildman–Crippen MR) is 92.9 cm³/mol. The van der Waals surface area contributed by atoms with Crippen LogP contribution in [0.2, 0.25) is 0 Å². The van der Waals surface area contributed by atoms with Crippen molar-refractivity contribution >= 4 is 12.1 Å². The molecule has 0 aliphatic carbocycles. The minimum Gasteiger partial charge on any atom is -0.478 e. The number of carbonyl (C=O) groups is 2. The van der Waals surface area contributed by atoms with Gasteiger partial charge in [0.25, 0.3) is 0 Å². The number of ether oxygens (including phenoxy) is 2. The molecule has 25 heavy (non-hydrogen) atoms. The number of carboxylic acids is 1. The number of benzene rings is 3. The summed E-state index contributed by atoms with van der Waals surface area (Å²) in [6.07, 6.45) is -0.739. The summed E-state index contributed by atoms with van der Waals surface area (Å²) in [5.74, 6) is 0.0439. The van der Waals surface area contributed by atoms with Gasteiger partial charge in [0, 0.05) is 0 Å². The standard InChI is InChI=1S/C13H10O3.C7H6O2/c14-13(15-11-7-3-1-4-8-11)16-12-9-5-2-6-10-12;8-7(9)6-4-2-1-3-5-6/h1-10H;1-5H,(H,8,9). The van der Waals surface area contributed by atoms with E-state index in [0.29, 0.717) is 17.1 Å². The van der Waals surface area contributed by atoms with Gasteiger partial charge in [-0.05, 0) is 36.4 Å². The van der Waals surface area contributed by atoms with Crippen LogP contribution in [-0.2, 0) is 0 Å². The molecule has 0 saturated carbocycles. The van der Waals surface area contributed by atoms with E-state index in [1.165, 1.54) is 0 Å². The van der Waals surface area contributed by atoms with Crippen molar-refractivity contribution in [3.63, 3.8) is 0 Å². The summed E-state index contributed by atoms with van der Waals surface area (Å²) >= 11 is 0. The number of carboxylic acid groups (broad SMARTS) is 1. The van der Waals surface area contributed by atoms with Gasteiger partial charge in [-0.15, -0.1) is 0 Å². The van der Waals surface area contributed by atoms with Crippen molar-refractivity contribution < 1.29 is 24.2 Å². The molecule has 0 spiro atoms. The maximum Gasteiger partial charge on any atom is 0.519 e. The van der Waals surface area contributed by atoms with Crippen LogP contribution in [0.5, 0.6) is 11.5 Å². The molecule has 5 nitrogen and oxygen atoms in total. The first kappa shape index (κ1) is 17.7. The normalized spacial score (nSPS) is 9.28. The third kappa shape index (κ3) is 6.58. The molecule has 3 aromatic carbocycles. The van der Waals surface area contributed by atoms with E-state index in [0.717, 1.165) is 0 Å². The molecule has 0 amide bonds. The van der Waals surface area contributed by atoms with Crippen molar-refractivity contribution in [1.82, 2.24) is 0 Å². The third-order valence-corrected chi connectivity index (χ3v) is 2.91. The van der Waals surface area contributed by atoms with E-state index >= 15 is 0 Å². The fourth-order valence-electron chi connectivity index (χ4n) is 1.77. The molecule has 3 aromatic rings. The Morgan fingerprint density at radius 3 is 1.28 bits per heavy atom. The van der Waals surface area contributed by atoms with Gasteiger partial charge >= 0.3 is 12.1 Å². The number of para-hydroxylation sites is 2. The second-order valence-electron chi connectivity index (χ2n) is 4.75. The third-order valence-electron chi connectivity index (χ3n) is 2.91. The Bertz CT molecular complexity index is 743. The summed E-state index contributed by atoms with van der Waals surface area (Å²) in [7, 11) is 0. The number of hydrogen-bond donors (Lipinski definition) is 1. The molecule has 0 aliphatic rings. The fraction of sp³-hybridized carbons (Fsp3) is 0. The van der Waals surface area contributed by atoms with Crippen LogP contribution in [0.1, 0.15) is 10.4 Å². The molecule has 0 fully saturated rings. The van der Waals surface area contributed by atoms with Crippen LogP contribution in [0.15, 0.2) is 91.0 Å². The second kappa shape index (κ2) is 9.52. The molecule has 0 unspecified atom stereocenters. The van der Waals surface area contributed by atoms with E-state index in [2.05, 4.69) is 0 Å². The summed E-state index contributed by atoms with van der Waals surface area (Å²) < 4.78 is 9.91. The lowest BCUT2D eigenvalue weighted by Crippen LogP contribution is -2.13. The quantitative estimate of drug-likeness (QED) is 0.557. The lowest BCUT2D eigenvalue weighted by Gasteiger charge is -2.04. The first-order valence-electron chi connectivity index (χ1n) is 7.43. The van der Waals surface area contributed by atoms with Crippen molar-refractivity contribution in [3.05, 3.63) is 96.6 Å². The highest BCUT2D eigenvalue weighted by Gasteiger charge is 2.06. The van der Waals surface area contributed by atoms with Crippen molar-refractivity contribution in [2.24, 2.45) is 0 Å². The molecule has 0 heterocycles. The molecule has 0 aromatic heterocycles. The van der Waals surface area contributed by atoms with Crippen molar-refractivity contribution in [2.75, 3.05) is 0 Å². The predicted octanol–water partition coefficient (Wildman–Crippen LogP) is 4.65. The Hall–Kier alpha value is -3.60. The van der Waals surface area contributed by atoms with Gasteiger partial charge in [0.05, 0.1) is 5.56 Å². The lowest BCUT2D eigenvalue weighted by molar-refractivity contribution is 0.0696. The highest BCUT2D eigenvalue weighted by atomic mass is 16.7. The van der Waals surface area contributed by atoms with Crippen LogP contribution in [0.3, 0.4) is 0 Å². The second-order valence-corrected chi connectivity index (χ2v) is 4.75. The molecule has 0 bridgehead atoms. The zero-order valence-electron chi connectivity index (χ0n) is 13.2. The Morgan fingerprint density at radius 1 is 0.600 bits per heavy atom. The maximum absolute atomic E-state index is 11.3. The summed E-state index contributed by atoms with van der Waals surface area (Å²) in [6, 6.07) is 25.9. The molecule has 0 atom stereocenters. The van der Waals surface area contributed by atoms with E-state index < -0.39 is 12.1 Å². The van der Waals surface area contributed by atoms with E-state index in [9.17, 15) is 9.59 Å². The van der Waals surface area contributed by atoms with Crippen molar-refractivity contribution in [2.45, 2.75) is 0 Å². The Balaban J connectivity index is 0.000000212. The fourth-order valence-corrected chi connectivity index (χ4v) is 1.77. The first-order chi connectivity index (χ1) is 12.1. The number of aromatic carboxylic acids is 1. The van der Waals surface area contributed by atoms with Crippen LogP contribution >= 0.6 is 0 Å². The molecular formula is C20H16O5. The molecule has 1 N–H and O–H groups in total. The smallest absolute Gasteiger partial charge is 0.478 e. The summed E-state index contributed by atoms with van der Waals surface area (Å²) in [5, 5.41) is 8.38. The van der Waals surface area contributed by atoms with Gasteiger partial charge in [-0.2, -0.15) is 0 Å². The molecule has 0 aliphatic heterocycles. The number of rotatable bonds is 3. The van der Waals surface area contributed by atoms with E-state index in [1.54, 1.807) is 78.9 Å². The summed E-state index contributed by atoms with van der Waals surface area (Å²) in [4.78, 5) is 21.5. The molecule has 5 heteroatoms. The van der Waals surface area contributed by atoms with Gasteiger partial charge in [0.1, 0.15) is 11.5 Å². The molecule has 126 valence electrons. The zero-order chi connectivity index (χ0) is 17.9. The van der Waals surface area contributed by atoms with Gasteiger partial charge in [-0.1, -0.05) is 54.6 Å². The van der Waals surface area contributed by atoms with E-state index in [4.69, 9.17) is 14.6 Å². The summed E-state index contributed by atoms with van der Waals surface area (Å²) in [6.45, 7) is 0. The van der Waals surface area contributed by atoms with E-state index in [1.807, 2.05) is 12.1 Å². The topological polar surface area (TPSA) is 72.8 Å². The Morgan fingerprint density at radius 2 is 0.960 bits per heavy atom. The highest BCUT2D eigenvalue weighted by molar-refractivity contribution is 5.87. The van der Waals surface area contributed by atoms with E-state index in [-0.39, 0.29) is 0 Å². The highest BCUT2D eigenvalue weighted by Crippen LogP contribution is 2.12. The molecule has 0 radical (unpaired) electrons.